The molecule has 0 aromatic heterocycles. The zero-order valence-electron chi connectivity index (χ0n) is 5.15. The van der Waals surface area contributed by atoms with Crippen molar-refractivity contribution in [3.05, 3.63) is 25.3 Å². The summed E-state index contributed by atoms with van der Waals surface area (Å²) in [6.07, 6.45) is 3.53. The van der Waals surface area contributed by atoms with E-state index in [-0.39, 0.29) is 6.04 Å². The maximum absolute atomic E-state index is 3.58. The van der Waals surface area contributed by atoms with E-state index in [1.54, 1.807) is 19.2 Å². The van der Waals surface area contributed by atoms with E-state index in [1.165, 1.54) is 0 Å². The van der Waals surface area contributed by atoms with Gasteiger partial charge in [0.05, 0.1) is 6.04 Å². The molecule has 0 aliphatic heterocycles. The molecule has 0 amide bonds. The van der Waals surface area contributed by atoms with Crippen molar-refractivity contribution in [2.75, 3.05) is 7.05 Å². The Bertz CT molecular complexity index is 70.6. The van der Waals surface area contributed by atoms with Crippen LogP contribution in [0.15, 0.2) is 25.3 Å². The van der Waals surface area contributed by atoms with Gasteiger partial charge in [0.15, 0.2) is 0 Å². The van der Waals surface area contributed by atoms with Crippen LogP contribution in [0.2, 0.25) is 0 Å². The van der Waals surface area contributed by atoms with Crippen molar-refractivity contribution >= 4 is 0 Å². The molecule has 0 heterocycles. The van der Waals surface area contributed by atoms with E-state index in [1.807, 2.05) is 0 Å². The number of hydrogen-bond acceptors (Lipinski definition) is 2. The van der Waals surface area contributed by atoms with Gasteiger partial charge in [-0.15, -0.1) is 13.2 Å². The van der Waals surface area contributed by atoms with Crippen LogP contribution in [0.25, 0.3) is 0 Å². The first kappa shape index (κ1) is 7.40. The Morgan fingerprint density at radius 1 is 1.38 bits per heavy atom. The summed E-state index contributed by atoms with van der Waals surface area (Å²) in [5, 5.41) is 0. The molecule has 0 spiro atoms. The summed E-state index contributed by atoms with van der Waals surface area (Å²) in [6, 6.07) is 0.167. The Morgan fingerprint density at radius 3 is 2.00 bits per heavy atom. The topological polar surface area (TPSA) is 24.1 Å². The predicted molar refractivity (Wildman–Crippen MR) is 36.4 cm³/mol. The third-order valence-corrected chi connectivity index (χ3v) is 0.819. The second-order valence-corrected chi connectivity index (χ2v) is 1.39. The summed E-state index contributed by atoms with van der Waals surface area (Å²) in [7, 11) is 1.81. The normalized spacial score (nSPS) is 9.25. The molecule has 0 rings (SSSR count). The van der Waals surface area contributed by atoms with Crippen LogP contribution in [0.5, 0.6) is 0 Å². The minimum absolute atomic E-state index is 0.167. The fourth-order valence-electron chi connectivity index (χ4n) is 0.381. The molecule has 8 heavy (non-hydrogen) atoms. The van der Waals surface area contributed by atoms with Gasteiger partial charge < -0.3 is 0 Å². The minimum atomic E-state index is 0.167. The third kappa shape index (κ3) is 2.55. The maximum atomic E-state index is 3.58. The van der Waals surface area contributed by atoms with E-state index in [4.69, 9.17) is 0 Å². The molecular formula is C6H12N2. The molecule has 0 aliphatic rings. The molecule has 0 radical (unpaired) electrons. The number of hydrazine groups is 1. The molecule has 0 aromatic rings. The van der Waals surface area contributed by atoms with Crippen molar-refractivity contribution < 1.29 is 0 Å². The second kappa shape index (κ2) is 4.56. The van der Waals surface area contributed by atoms with Gasteiger partial charge in [-0.3, -0.25) is 5.43 Å². The highest BCUT2D eigenvalue weighted by atomic mass is 15.3. The van der Waals surface area contributed by atoms with Crippen LogP contribution in [0.1, 0.15) is 0 Å². The first-order chi connectivity index (χ1) is 3.85. The smallest absolute Gasteiger partial charge is 0.0568 e. The summed E-state index contributed by atoms with van der Waals surface area (Å²) in [4.78, 5) is 0. The molecule has 0 saturated heterocycles. The van der Waals surface area contributed by atoms with Crippen LogP contribution >= 0.6 is 0 Å². The highest BCUT2D eigenvalue weighted by molar-refractivity contribution is 4.97. The molecular weight excluding hydrogens is 100 g/mol. The number of rotatable bonds is 4. The molecule has 0 aliphatic carbocycles. The van der Waals surface area contributed by atoms with Crippen molar-refractivity contribution in [3.63, 3.8) is 0 Å². The van der Waals surface area contributed by atoms with Gasteiger partial charge in [0, 0.05) is 0 Å². The van der Waals surface area contributed by atoms with Crippen molar-refractivity contribution in [2.24, 2.45) is 0 Å². The highest BCUT2D eigenvalue weighted by Gasteiger charge is 1.89. The van der Waals surface area contributed by atoms with Gasteiger partial charge in [0.1, 0.15) is 0 Å². The summed E-state index contributed by atoms with van der Waals surface area (Å²) in [5.41, 5.74) is 5.67. The third-order valence-electron chi connectivity index (χ3n) is 0.819. The van der Waals surface area contributed by atoms with Gasteiger partial charge in [0.2, 0.25) is 0 Å². The van der Waals surface area contributed by atoms with E-state index in [0.717, 1.165) is 0 Å². The van der Waals surface area contributed by atoms with Crippen LogP contribution < -0.4 is 10.9 Å². The Labute approximate surface area is 50.3 Å². The van der Waals surface area contributed by atoms with Gasteiger partial charge in [0.25, 0.3) is 0 Å². The zero-order chi connectivity index (χ0) is 6.41. The molecule has 0 aromatic carbocycles. The SMILES string of the molecule is C=CC(C=C)NNC. The largest absolute Gasteiger partial charge is 0.260 e. The van der Waals surface area contributed by atoms with Gasteiger partial charge in [-0.1, -0.05) is 12.2 Å². The quantitative estimate of drug-likeness (QED) is 0.407. The van der Waals surface area contributed by atoms with Crippen LogP contribution in [0, 0.1) is 0 Å². The molecule has 0 bridgehead atoms. The van der Waals surface area contributed by atoms with Crippen molar-refractivity contribution in [3.8, 4) is 0 Å². The Balaban J connectivity index is 3.35. The minimum Gasteiger partial charge on any atom is -0.260 e. The summed E-state index contributed by atoms with van der Waals surface area (Å²) >= 11 is 0. The van der Waals surface area contributed by atoms with Crippen molar-refractivity contribution in [2.45, 2.75) is 6.04 Å². The first-order valence-corrected chi connectivity index (χ1v) is 2.52. The lowest BCUT2D eigenvalue weighted by atomic mass is 10.3. The van der Waals surface area contributed by atoms with Crippen LogP contribution in [-0.4, -0.2) is 13.1 Å². The van der Waals surface area contributed by atoms with Crippen LogP contribution in [-0.2, 0) is 0 Å². The molecule has 0 unspecified atom stereocenters. The molecule has 2 heteroatoms. The molecule has 2 N–H and O–H groups in total. The maximum Gasteiger partial charge on any atom is 0.0568 e. The summed E-state index contributed by atoms with van der Waals surface area (Å²) in [5.74, 6) is 0. The molecule has 0 fully saturated rings. The molecule has 46 valence electrons. The Kier molecular flexibility index (Phi) is 4.21. The second-order valence-electron chi connectivity index (χ2n) is 1.39. The fourth-order valence-corrected chi connectivity index (χ4v) is 0.381. The summed E-state index contributed by atoms with van der Waals surface area (Å²) in [6.45, 7) is 7.15. The van der Waals surface area contributed by atoms with Gasteiger partial charge >= 0.3 is 0 Å². The Morgan fingerprint density at radius 2 is 1.88 bits per heavy atom. The first-order valence-electron chi connectivity index (χ1n) is 2.52. The van der Waals surface area contributed by atoms with Crippen LogP contribution in [0.4, 0.5) is 0 Å². The number of hydrogen-bond donors (Lipinski definition) is 2. The molecule has 0 atom stereocenters. The molecule has 0 saturated carbocycles. The van der Waals surface area contributed by atoms with E-state index in [9.17, 15) is 0 Å². The lowest BCUT2D eigenvalue weighted by Gasteiger charge is -2.06. The van der Waals surface area contributed by atoms with Crippen molar-refractivity contribution in [1.82, 2.24) is 10.9 Å². The average Bonchev–Trinajstić information content (AvgIpc) is 1.83. The van der Waals surface area contributed by atoms with Crippen LogP contribution in [0.3, 0.4) is 0 Å². The fraction of sp³-hybridized carbons (Fsp3) is 0.333. The standard InChI is InChI=1S/C6H12N2/c1-4-6(5-2)8-7-3/h4-8H,1-2H2,3H3. The highest BCUT2D eigenvalue weighted by Crippen LogP contribution is 1.80. The van der Waals surface area contributed by atoms with E-state index in [2.05, 4.69) is 24.0 Å². The predicted octanol–water partition coefficient (Wildman–Crippen LogP) is 0.451. The monoisotopic (exact) mass is 112 g/mol. The van der Waals surface area contributed by atoms with Gasteiger partial charge in [-0.25, -0.2) is 5.43 Å². The lowest BCUT2D eigenvalue weighted by molar-refractivity contribution is 0.585. The van der Waals surface area contributed by atoms with E-state index in [0.29, 0.717) is 0 Å². The number of nitrogens with one attached hydrogen (secondary N) is 2. The lowest BCUT2D eigenvalue weighted by Crippen LogP contribution is -2.35. The summed E-state index contributed by atoms with van der Waals surface area (Å²) < 4.78 is 0. The average molecular weight is 112 g/mol. The van der Waals surface area contributed by atoms with E-state index >= 15 is 0 Å². The van der Waals surface area contributed by atoms with E-state index < -0.39 is 0 Å². The van der Waals surface area contributed by atoms with Gasteiger partial charge in [-0.2, -0.15) is 0 Å². The van der Waals surface area contributed by atoms with Gasteiger partial charge in [-0.05, 0) is 7.05 Å². The Hall–Kier alpha value is -0.600. The zero-order valence-corrected chi connectivity index (χ0v) is 5.15. The molecule has 2 nitrogen and oxygen atoms in total. The van der Waals surface area contributed by atoms with Crippen molar-refractivity contribution in [1.29, 1.82) is 0 Å².